The smallest absolute Gasteiger partial charge is 0.383 e. The van der Waals surface area contributed by atoms with E-state index in [9.17, 15) is 18.0 Å². The first kappa shape index (κ1) is 17.2. The Hall–Kier alpha value is -2.68. The molecule has 3 heterocycles. The monoisotopic (exact) mass is 350 g/mol. The molecule has 0 aliphatic carbocycles. The van der Waals surface area contributed by atoms with E-state index in [2.05, 4.69) is 9.97 Å². The van der Waals surface area contributed by atoms with Crippen molar-refractivity contribution in [3.8, 4) is 0 Å². The van der Waals surface area contributed by atoms with Gasteiger partial charge >= 0.3 is 6.18 Å². The molecule has 1 aliphatic rings. The molecule has 6 nitrogen and oxygen atoms in total. The van der Waals surface area contributed by atoms with Gasteiger partial charge < -0.3 is 10.6 Å². The van der Waals surface area contributed by atoms with Crippen molar-refractivity contribution in [3.63, 3.8) is 0 Å². The van der Waals surface area contributed by atoms with E-state index < -0.39 is 23.2 Å². The van der Waals surface area contributed by atoms with Gasteiger partial charge in [0.15, 0.2) is 0 Å². The SMILES string of the molecule is [NH]C1CCN(c2ccc(C(F)(F)F)c(C(=O)c3cccnc3N)n2)C1. The quantitative estimate of drug-likeness (QED) is 0.856. The molecule has 1 atom stereocenters. The van der Waals surface area contributed by atoms with Crippen LogP contribution in [0.1, 0.15) is 28.0 Å². The Kier molecular flexibility index (Phi) is 4.34. The van der Waals surface area contributed by atoms with Gasteiger partial charge in [-0.05, 0) is 30.7 Å². The van der Waals surface area contributed by atoms with Crippen LogP contribution in [0, 0.1) is 0 Å². The maximum absolute atomic E-state index is 13.3. The number of aromatic nitrogens is 2. The summed E-state index contributed by atoms with van der Waals surface area (Å²) in [4.78, 5) is 22.0. The van der Waals surface area contributed by atoms with Crippen molar-refractivity contribution in [2.24, 2.45) is 0 Å². The van der Waals surface area contributed by atoms with Gasteiger partial charge in [0, 0.05) is 25.3 Å². The van der Waals surface area contributed by atoms with Gasteiger partial charge in [-0.15, -0.1) is 0 Å². The fourth-order valence-electron chi connectivity index (χ4n) is 2.73. The third kappa shape index (κ3) is 3.41. The molecule has 1 fully saturated rings. The molecule has 0 spiro atoms. The lowest BCUT2D eigenvalue weighted by atomic mass is 10.0. The lowest BCUT2D eigenvalue weighted by Gasteiger charge is -2.19. The molecule has 1 unspecified atom stereocenters. The molecule has 1 radical (unpaired) electrons. The van der Waals surface area contributed by atoms with E-state index in [-0.39, 0.29) is 23.2 Å². The molecule has 2 aromatic rings. The van der Waals surface area contributed by atoms with Crippen LogP contribution in [0.3, 0.4) is 0 Å². The number of ketones is 1. The summed E-state index contributed by atoms with van der Waals surface area (Å²) in [7, 11) is 0. The summed E-state index contributed by atoms with van der Waals surface area (Å²) >= 11 is 0. The number of carbonyl (C=O) groups is 1. The topological polar surface area (TPSA) is 95.9 Å². The fraction of sp³-hybridized carbons (Fsp3) is 0.312. The zero-order chi connectivity index (χ0) is 18.2. The van der Waals surface area contributed by atoms with Crippen LogP contribution in [0.15, 0.2) is 30.5 Å². The van der Waals surface area contributed by atoms with Crippen LogP contribution in [0.5, 0.6) is 0 Å². The molecule has 25 heavy (non-hydrogen) atoms. The number of nitrogens with one attached hydrogen (secondary N) is 1. The van der Waals surface area contributed by atoms with Crippen molar-refractivity contribution in [1.82, 2.24) is 15.7 Å². The predicted octanol–water partition coefficient (Wildman–Crippen LogP) is 2.17. The normalized spacial score (nSPS) is 17.8. The molecule has 1 aliphatic heterocycles. The summed E-state index contributed by atoms with van der Waals surface area (Å²) in [5, 5.41) is 0. The third-order valence-electron chi connectivity index (χ3n) is 4.00. The van der Waals surface area contributed by atoms with E-state index >= 15 is 0 Å². The van der Waals surface area contributed by atoms with Crippen molar-refractivity contribution >= 4 is 17.4 Å². The summed E-state index contributed by atoms with van der Waals surface area (Å²) in [5.41, 5.74) is 11.4. The summed E-state index contributed by atoms with van der Waals surface area (Å²) < 4.78 is 39.9. The van der Waals surface area contributed by atoms with Crippen molar-refractivity contribution in [1.29, 1.82) is 0 Å². The lowest BCUT2D eigenvalue weighted by Crippen LogP contribution is -2.25. The second kappa shape index (κ2) is 6.32. The van der Waals surface area contributed by atoms with E-state index in [0.717, 1.165) is 6.07 Å². The minimum absolute atomic E-state index is 0.127. The summed E-state index contributed by atoms with van der Waals surface area (Å²) in [6.07, 6.45) is -2.78. The molecule has 9 heteroatoms. The van der Waals surface area contributed by atoms with Gasteiger partial charge in [0.25, 0.3) is 0 Å². The summed E-state index contributed by atoms with van der Waals surface area (Å²) in [6.45, 7) is 0.871. The highest BCUT2D eigenvalue weighted by Gasteiger charge is 2.37. The average molecular weight is 350 g/mol. The minimum atomic E-state index is -4.73. The third-order valence-corrected chi connectivity index (χ3v) is 4.00. The second-order valence-electron chi connectivity index (χ2n) is 5.76. The van der Waals surface area contributed by atoms with Crippen molar-refractivity contribution in [2.45, 2.75) is 18.6 Å². The van der Waals surface area contributed by atoms with E-state index in [1.807, 2.05) is 0 Å². The number of carbonyl (C=O) groups excluding carboxylic acids is 1. The van der Waals surface area contributed by atoms with E-state index in [4.69, 9.17) is 11.5 Å². The minimum Gasteiger partial charge on any atom is -0.383 e. The van der Waals surface area contributed by atoms with E-state index in [1.165, 1.54) is 24.4 Å². The molecular weight excluding hydrogens is 335 g/mol. The van der Waals surface area contributed by atoms with E-state index in [1.54, 1.807) is 4.90 Å². The van der Waals surface area contributed by atoms with Crippen LogP contribution < -0.4 is 16.4 Å². The Morgan fingerprint density at radius 2 is 2.08 bits per heavy atom. The Morgan fingerprint density at radius 3 is 2.68 bits per heavy atom. The molecule has 0 saturated carbocycles. The standard InChI is InChI=1S/C16H15F3N5O/c17-16(18,19)11-3-4-12(24-7-5-9(20)8-24)23-13(11)14(25)10-2-1-6-22-15(10)21/h1-4,6,9,20H,5,7-8H2,(H2,21,22). The Balaban J connectivity index is 2.08. The largest absolute Gasteiger partial charge is 0.418 e. The predicted molar refractivity (Wildman–Crippen MR) is 85.0 cm³/mol. The maximum Gasteiger partial charge on any atom is 0.418 e. The first-order valence-electron chi connectivity index (χ1n) is 7.57. The zero-order valence-electron chi connectivity index (χ0n) is 13.0. The highest BCUT2D eigenvalue weighted by Crippen LogP contribution is 2.34. The van der Waals surface area contributed by atoms with Gasteiger partial charge in [-0.1, -0.05) is 0 Å². The van der Waals surface area contributed by atoms with Gasteiger partial charge in [-0.25, -0.2) is 9.97 Å². The molecule has 0 amide bonds. The molecule has 1 saturated heterocycles. The molecule has 131 valence electrons. The summed E-state index contributed by atoms with van der Waals surface area (Å²) in [5.74, 6) is -0.838. The highest BCUT2D eigenvalue weighted by molar-refractivity contribution is 6.11. The average Bonchev–Trinajstić information content (AvgIpc) is 3.00. The van der Waals surface area contributed by atoms with E-state index in [0.29, 0.717) is 19.5 Å². The number of hydrogen-bond donors (Lipinski definition) is 1. The second-order valence-corrected chi connectivity index (χ2v) is 5.76. The van der Waals surface area contributed by atoms with Gasteiger partial charge in [-0.3, -0.25) is 10.5 Å². The number of pyridine rings is 2. The number of nitrogens with zero attached hydrogens (tertiary/aromatic N) is 3. The number of anilines is 2. The first-order chi connectivity index (χ1) is 11.8. The van der Waals surface area contributed by atoms with Crippen LogP contribution in [0.2, 0.25) is 0 Å². The van der Waals surface area contributed by atoms with Crippen LogP contribution in [0.25, 0.3) is 0 Å². The number of halogens is 3. The molecule has 0 bridgehead atoms. The molecule has 3 rings (SSSR count). The fourth-order valence-corrected chi connectivity index (χ4v) is 2.73. The molecular formula is C16H15F3N5O. The van der Waals surface area contributed by atoms with Gasteiger partial charge in [0.1, 0.15) is 17.3 Å². The Bertz CT molecular complexity index is 809. The van der Waals surface area contributed by atoms with Crippen LogP contribution in [-0.2, 0) is 6.18 Å². The molecule has 3 N–H and O–H groups in total. The maximum atomic E-state index is 13.3. The highest BCUT2D eigenvalue weighted by atomic mass is 19.4. The van der Waals surface area contributed by atoms with Crippen molar-refractivity contribution < 1.29 is 18.0 Å². The van der Waals surface area contributed by atoms with Crippen LogP contribution in [0.4, 0.5) is 24.8 Å². The van der Waals surface area contributed by atoms with Crippen LogP contribution >= 0.6 is 0 Å². The number of hydrogen-bond acceptors (Lipinski definition) is 5. The lowest BCUT2D eigenvalue weighted by molar-refractivity contribution is -0.138. The molecule has 0 aromatic carbocycles. The Morgan fingerprint density at radius 1 is 1.32 bits per heavy atom. The van der Waals surface area contributed by atoms with Crippen LogP contribution in [-0.4, -0.2) is 34.9 Å². The summed E-state index contributed by atoms with van der Waals surface area (Å²) in [6, 6.07) is 4.49. The number of rotatable bonds is 3. The van der Waals surface area contributed by atoms with Crippen molar-refractivity contribution in [2.75, 3.05) is 23.7 Å². The number of alkyl halides is 3. The number of nitrogen functional groups attached to an aromatic ring is 1. The first-order valence-corrected chi connectivity index (χ1v) is 7.57. The van der Waals surface area contributed by atoms with Crippen molar-refractivity contribution in [3.05, 3.63) is 47.3 Å². The number of nitrogens with two attached hydrogens (primary N) is 1. The van der Waals surface area contributed by atoms with Gasteiger partial charge in [0.2, 0.25) is 5.78 Å². The molecule has 2 aromatic heterocycles. The zero-order valence-corrected chi connectivity index (χ0v) is 13.0. The van der Waals surface area contributed by atoms with Gasteiger partial charge in [-0.2, -0.15) is 13.2 Å². The van der Waals surface area contributed by atoms with Gasteiger partial charge in [0.05, 0.1) is 11.1 Å². The Labute approximate surface area is 141 Å².